The van der Waals surface area contributed by atoms with Crippen LogP contribution in [-0.4, -0.2) is 16.0 Å². The zero-order chi connectivity index (χ0) is 19.3. The zero-order valence-electron chi connectivity index (χ0n) is 14.7. The predicted octanol–water partition coefficient (Wildman–Crippen LogP) is 5.07. The van der Waals surface area contributed by atoms with E-state index in [1.165, 1.54) is 0 Å². The Morgan fingerprint density at radius 1 is 1.11 bits per heavy atom. The van der Waals surface area contributed by atoms with Gasteiger partial charge in [0.2, 0.25) is 17.6 Å². The Hall–Kier alpha value is -2.71. The van der Waals surface area contributed by atoms with Crippen molar-refractivity contribution in [2.45, 2.75) is 19.4 Å². The zero-order valence-corrected chi connectivity index (χ0v) is 17.1. The van der Waals surface area contributed by atoms with Crippen LogP contribution in [-0.2, 0) is 17.8 Å². The van der Waals surface area contributed by atoms with Gasteiger partial charge in [-0.2, -0.15) is 16.3 Å². The maximum Gasteiger partial charge on any atom is 0.227 e. The van der Waals surface area contributed by atoms with Gasteiger partial charge in [0.25, 0.3) is 0 Å². The number of nitrogens with one attached hydrogen (secondary N) is 1. The molecule has 1 N–H and O–H groups in total. The van der Waals surface area contributed by atoms with Crippen molar-refractivity contribution in [1.82, 2.24) is 15.5 Å². The molecule has 3 aromatic heterocycles. The molecule has 0 spiro atoms. The number of rotatable bonds is 7. The Balaban J connectivity index is 1.26. The summed E-state index contributed by atoms with van der Waals surface area (Å²) in [6.07, 6.45) is 0.664. The lowest BCUT2D eigenvalue weighted by molar-refractivity contribution is -0.121. The summed E-state index contributed by atoms with van der Waals surface area (Å²) < 4.78 is 12.0. The molecule has 142 valence electrons. The average Bonchev–Trinajstić information content (AvgIpc) is 3.46. The van der Waals surface area contributed by atoms with Crippen molar-refractivity contribution in [2.75, 3.05) is 0 Å². The smallest absolute Gasteiger partial charge is 0.227 e. The maximum atomic E-state index is 12.1. The highest BCUT2D eigenvalue weighted by molar-refractivity contribution is 9.10. The van der Waals surface area contributed by atoms with E-state index in [0.29, 0.717) is 30.4 Å². The lowest BCUT2D eigenvalue weighted by Crippen LogP contribution is -2.22. The second kappa shape index (κ2) is 8.53. The monoisotopic (exact) mass is 457 g/mol. The molecular formula is C20H16BrN3O3S. The van der Waals surface area contributed by atoms with Crippen LogP contribution >= 0.6 is 27.3 Å². The minimum absolute atomic E-state index is 0.100. The van der Waals surface area contributed by atoms with Gasteiger partial charge in [-0.1, -0.05) is 33.2 Å². The highest BCUT2D eigenvalue weighted by Gasteiger charge is 2.12. The van der Waals surface area contributed by atoms with Gasteiger partial charge in [-0.15, -0.1) is 0 Å². The van der Waals surface area contributed by atoms with Crippen molar-refractivity contribution >= 4 is 33.2 Å². The molecule has 0 saturated heterocycles. The first-order chi connectivity index (χ1) is 13.7. The topological polar surface area (TPSA) is 81.2 Å². The van der Waals surface area contributed by atoms with Gasteiger partial charge in [-0.25, -0.2) is 0 Å². The van der Waals surface area contributed by atoms with E-state index >= 15 is 0 Å². The fraction of sp³-hybridized carbons (Fsp3) is 0.150. The number of aryl methyl sites for hydroxylation is 1. The second-order valence-electron chi connectivity index (χ2n) is 6.07. The summed E-state index contributed by atoms with van der Waals surface area (Å²) in [5.41, 5.74) is 1.91. The van der Waals surface area contributed by atoms with Gasteiger partial charge >= 0.3 is 0 Å². The van der Waals surface area contributed by atoms with Crippen LogP contribution in [0.1, 0.15) is 18.1 Å². The number of nitrogens with zero attached hydrogens (tertiary/aromatic N) is 2. The minimum Gasteiger partial charge on any atom is -0.459 e. The number of carbonyl (C=O) groups excluding carboxylic acids is 1. The third-order valence-corrected chi connectivity index (χ3v) is 5.28. The summed E-state index contributed by atoms with van der Waals surface area (Å²) in [5, 5.41) is 10.7. The minimum atomic E-state index is -0.100. The lowest BCUT2D eigenvalue weighted by atomic mass is 10.2. The summed E-state index contributed by atoms with van der Waals surface area (Å²) in [7, 11) is 0. The van der Waals surface area contributed by atoms with Crippen LogP contribution in [0.25, 0.3) is 22.7 Å². The number of hydrogen-bond acceptors (Lipinski definition) is 6. The number of amides is 1. The molecule has 0 fully saturated rings. The van der Waals surface area contributed by atoms with E-state index in [1.807, 2.05) is 53.2 Å². The van der Waals surface area contributed by atoms with Crippen molar-refractivity contribution in [2.24, 2.45) is 0 Å². The Morgan fingerprint density at radius 3 is 2.75 bits per heavy atom. The van der Waals surface area contributed by atoms with E-state index in [2.05, 4.69) is 31.4 Å². The van der Waals surface area contributed by atoms with E-state index in [9.17, 15) is 4.79 Å². The van der Waals surface area contributed by atoms with E-state index in [0.717, 1.165) is 21.4 Å². The van der Waals surface area contributed by atoms with Crippen molar-refractivity contribution in [1.29, 1.82) is 0 Å². The third kappa shape index (κ3) is 4.58. The van der Waals surface area contributed by atoms with Gasteiger partial charge < -0.3 is 14.3 Å². The van der Waals surface area contributed by atoms with Crippen LogP contribution in [0.4, 0.5) is 0 Å². The molecule has 6 nitrogen and oxygen atoms in total. The molecule has 28 heavy (non-hydrogen) atoms. The molecule has 0 unspecified atom stereocenters. The molecule has 3 heterocycles. The van der Waals surface area contributed by atoms with Crippen molar-refractivity contribution < 1.29 is 13.7 Å². The van der Waals surface area contributed by atoms with Crippen molar-refractivity contribution in [3.05, 3.63) is 69.3 Å². The number of thiophene rings is 1. The van der Waals surface area contributed by atoms with Gasteiger partial charge in [-0.05, 0) is 35.7 Å². The van der Waals surface area contributed by atoms with Crippen LogP contribution in [0.15, 0.2) is 66.6 Å². The number of carbonyl (C=O) groups is 1. The molecule has 0 saturated carbocycles. The molecule has 4 aromatic rings. The number of halogens is 1. The molecular weight excluding hydrogens is 442 g/mol. The molecule has 4 rings (SSSR count). The van der Waals surface area contributed by atoms with Crippen molar-refractivity contribution in [3.63, 3.8) is 0 Å². The first-order valence-corrected chi connectivity index (χ1v) is 10.4. The van der Waals surface area contributed by atoms with Gasteiger partial charge in [-0.3, -0.25) is 4.79 Å². The van der Waals surface area contributed by atoms with Crippen LogP contribution in [0, 0.1) is 0 Å². The average molecular weight is 458 g/mol. The molecule has 1 amide bonds. The molecule has 0 aliphatic carbocycles. The molecule has 0 bridgehead atoms. The largest absolute Gasteiger partial charge is 0.459 e. The highest BCUT2D eigenvalue weighted by Crippen LogP contribution is 2.24. The summed E-state index contributed by atoms with van der Waals surface area (Å²) >= 11 is 4.98. The predicted molar refractivity (Wildman–Crippen MR) is 110 cm³/mol. The first kappa shape index (κ1) is 18.6. The van der Waals surface area contributed by atoms with Gasteiger partial charge in [0.1, 0.15) is 11.5 Å². The van der Waals surface area contributed by atoms with Gasteiger partial charge in [0, 0.05) is 33.8 Å². The Morgan fingerprint density at radius 2 is 1.96 bits per heavy atom. The fourth-order valence-electron chi connectivity index (χ4n) is 2.60. The van der Waals surface area contributed by atoms with E-state index in [1.54, 1.807) is 11.3 Å². The molecule has 0 radical (unpaired) electrons. The number of furan rings is 1. The van der Waals surface area contributed by atoms with Crippen LogP contribution in [0.5, 0.6) is 0 Å². The summed E-state index contributed by atoms with van der Waals surface area (Å²) in [4.78, 5) is 16.4. The van der Waals surface area contributed by atoms with E-state index in [4.69, 9.17) is 8.94 Å². The highest BCUT2D eigenvalue weighted by atomic mass is 79.9. The standard InChI is InChI=1S/C20H16BrN3O3S/c21-15-3-1-13(2-4-15)17-6-5-16(26-17)11-22-18(25)7-8-19-23-20(24-27-19)14-9-10-28-12-14/h1-6,9-10,12H,7-8,11H2,(H,22,25). The summed E-state index contributed by atoms with van der Waals surface area (Å²) in [6.45, 7) is 0.333. The van der Waals surface area contributed by atoms with Crippen LogP contribution in [0.3, 0.4) is 0 Å². The Kier molecular flexibility index (Phi) is 5.68. The Bertz CT molecular complexity index is 1050. The Labute approximate surface area is 173 Å². The third-order valence-electron chi connectivity index (χ3n) is 4.06. The maximum absolute atomic E-state index is 12.1. The number of hydrogen-bond donors (Lipinski definition) is 1. The lowest BCUT2D eigenvalue weighted by Gasteiger charge is -2.02. The summed E-state index contributed by atoms with van der Waals surface area (Å²) in [6, 6.07) is 13.6. The van der Waals surface area contributed by atoms with Gasteiger partial charge in [0.05, 0.1) is 6.54 Å². The van der Waals surface area contributed by atoms with Crippen molar-refractivity contribution in [3.8, 4) is 22.7 Å². The van der Waals surface area contributed by atoms with Crippen LogP contribution in [0.2, 0.25) is 0 Å². The molecule has 8 heteroatoms. The second-order valence-corrected chi connectivity index (χ2v) is 7.77. The first-order valence-electron chi connectivity index (χ1n) is 8.64. The molecule has 0 aliphatic heterocycles. The van der Waals surface area contributed by atoms with E-state index < -0.39 is 0 Å². The normalized spacial score (nSPS) is 10.9. The van der Waals surface area contributed by atoms with E-state index in [-0.39, 0.29) is 12.3 Å². The SMILES string of the molecule is O=C(CCc1nc(-c2ccsc2)no1)NCc1ccc(-c2ccc(Br)cc2)o1. The van der Waals surface area contributed by atoms with Crippen LogP contribution < -0.4 is 5.32 Å². The molecule has 0 atom stereocenters. The summed E-state index contributed by atoms with van der Waals surface area (Å²) in [5.74, 6) is 2.36. The number of aromatic nitrogens is 2. The van der Waals surface area contributed by atoms with Gasteiger partial charge in [0.15, 0.2) is 0 Å². The molecule has 0 aliphatic rings. The quantitative estimate of drug-likeness (QED) is 0.418. The fourth-order valence-corrected chi connectivity index (χ4v) is 3.50. The number of benzene rings is 1. The molecule has 1 aromatic carbocycles.